The van der Waals surface area contributed by atoms with Gasteiger partial charge in [0.15, 0.2) is 17.3 Å². The predicted molar refractivity (Wildman–Crippen MR) is 83.9 cm³/mol. The number of aromatic carboxylic acids is 1. The van der Waals surface area contributed by atoms with Crippen LogP contribution in [-0.4, -0.2) is 29.6 Å². The lowest BCUT2D eigenvalue weighted by molar-refractivity contribution is 0.0694. The molecule has 1 atom stereocenters. The van der Waals surface area contributed by atoms with E-state index in [2.05, 4.69) is 5.32 Å². The number of hydrogen-bond donors (Lipinski definition) is 2. The fourth-order valence-corrected chi connectivity index (χ4v) is 2.11. The van der Waals surface area contributed by atoms with Crippen LogP contribution in [-0.2, 0) is 6.42 Å². The molecule has 1 unspecified atom stereocenters. The lowest BCUT2D eigenvalue weighted by Gasteiger charge is -2.15. The first kappa shape index (κ1) is 17.5. The van der Waals surface area contributed by atoms with E-state index in [9.17, 15) is 14.0 Å². The summed E-state index contributed by atoms with van der Waals surface area (Å²) in [6.07, 6.45) is -0.118. The van der Waals surface area contributed by atoms with Crippen LogP contribution < -0.4 is 10.1 Å². The number of para-hydroxylation sites is 1. The van der Waals surface area contributed by atoms with Gasteiger partial charge in [-0.1, -0.05) is 19.1 Å². The molecular formula is C17H18FNO5. The van der Waals surface area contributed by atoms with Gasteiger partial charge < -0.3 is 19.6 Å². The van der Waals surface area contributed by atoms with Crippen molar-refractivity contribution in [2.45, 2.75) is 26.4 Å². The van der Waals surface area contributed by atoms with Crippen LogP contribution in [0, 0.1) is 5.82 Å². The van der Waals surface area contributed by atoms with Crippen LogP contribution in [0.25, 0.3) is 0 Å². The number of aryl methyl sites for hydroxylation is 1. The molecule has 1 aromatic carbocycles. The van der Waals surface area contributed by atoms with Gasteiger partial charge in [0.1, 0.15) is 17.4 Å². The third kappa shape index (κ3) is 4.13. The first-order chi connectivity index (χ1) is 11.4. The lowest BCUT2D eigenvalue weighted by atomic mass is 10.2. The molecule has 1 amide bonds. The Hall–Kier alpha value is -2.83. The number of carboxylic acids is 1. The van der Waals surface area contributed by atoms with Crippen LogP contribution >= 0.6 is 0 Å². The van der Waals surface area contributed by atoms with Crippen molar-refractivity contribution in [1.29, 1.82) is 0 Å². The molecule has 0 spiro atoms. The van der Waals surface area contributed by atoms with Gasteiger partial charge in [-0.3, -0.25) is 4.79 Å². The highest BCUT2D eigenvalue weighted by Gasteiger charge is 2.20. The number of carbonyl (C=O) groups excluding carboxylic acids is 1. The number of halogens is 1. The maximum absolute atomic E-state index is 13.5. The maximum atomic E-state index is 13.5. The van der Waals surface area contributed by atoms with Gasteiger partial charge in [0, 0.05) is 12.5 Å². The number of benzene rings is 1. The fourth-order valence-electron chi connectivity index (χ4n) is 2.11. The van der Waals surface area contributed by atoms with E-state index in [1.165, 1.54) is 18.2 Å². The van der Waals surface area contributed by atoms with E-state index >= 15 is 0 Å². The van der Waals surface area contributed by atoms with Gasteiger partial charge in [0.05, 0.1) is 6.54 Å². The lowest BCUT2D eigenvalue weighted by Crippen LogP contribution is -2.33. The van der Waals surface area contributed by atoms with Gasteiger partial charge in [0.2, 0.25) is 0 Å². The van der Waals surface area contributed by atoms with Crippen molar-refractivity contribution < 1.29 is 28.2 Å². The number of furan rings is 1. The number of nitrogens with one attached hydrogen (secondary N) is 1. The normalized spacial score (nSPS) is 11.8. The summed E-state index contributed by atoms with van der Waals surface area (Å²) < 4.78 is 24.2. The third-order valence-electron chi connectivity index (χ3n) is 3.30. The molecule has 2 N–H and O–H groups in total. The summed E-state index contributed by atoms with van der Waals surface area (Å²) in [5.41, 5.74) is -0.0293. The Labute approximate surface area is 138 Å². The zero-order valence-electron chi connectivity index (χ0n) is 13.3. The van der Waals surface area contributed by atoms with Crippen LogP contribution in [0.2, 0.25) is 0 Å². The number of hydrogen-bond acceptors (Lipinski definition) is 4. The highest BCUT2D eigenvalue weighted by atomic mass is 19.1. The van der Waals surface area contributed by atoms with Crippen LogP contribution in [0.15, 0.2) is 34.7 Å². The summed E-state index contributed by atoms with van der Waals surface area (Å²) >= 11 is 0. The van der Waals surface area contributed by atoms with E-state index in [1.807, 2.05) is 0 Å². The Kier molecular flexibility index (Phi) is 5.57. The van der Waals surface area contributed by atoms with Crippen molar-refractivity contribution in [3.63, 3.8) is 0 Å². The number of ether oxygens (including phenoxy) is 1. The minimum Gasteiger partial charge on any atom is -0.486 e. The summed E-state index contributed by atoms with van der Waals surface area (Å²) in [5.74, 6) is -1.93. The zero-order valence-corrected chi connectivity index (χ0v) is 13.3. The highest BCUT2D eigenvalue weighted by molar-refractivity contribution is 5.96. The number of carboxylic acid groups (broad SMARTS) is 1. The SMILES string of the molecule is CCc1oc(C(=O)NCC(C)Oc2ccccc2F)cc1C(=O)O. The molecule has 128 valence electrons. The Morgan fingerprint density at radius 2 is 2.08 bits per heavy atom. The largest absolute Gasteiger partial charge is 0.486 e. The van der Waals surface area contributed by atoms with E-state index in [0.717, 1.165) is 0 Å². The zero-order chi connectivity index (χ0) is 17.7. The molecule has 1 heterocycles. The molecule has 0 fully saturated rings. The Balaban J connectivity index is 1.95. The predicted octanol–water partition coefficient (Wildman–Crippen LogP) is 2.88. The Morgan fingerprint density at radius 3 is 2.67 bits per heavy atom. The van der Waals surface area contributed by atoms with Crippen molar-refractivity contribution in [3.8, 4) is 5.75 Å². The van der Waals surface area contributed by atoms with E-state index in [-0.39, 0.29) is 29.4 Å². The average molecular weight is 335 g/mol. The molecule has 24 heavy (non-hydrogen) atoms. The topological polar surface area (TPSA) is 88.8 Å². The van der Waals surface area contributed by atoms with Crippen molar-refractivity contribution in [2.24, 2.45) is 0 Å². The molecule has 7 heteroatoms. The van der Waals surface area contributed by atoms with Crippen molar-refractivity contribution in [1.82, 2.24) is 5.32 Å². The third-order valence-corrected chi connectivity index (χ3v) is 3.30. The smallest absolute Gasteiger partial charge is 0.339 e. The minimum absolute atomic E-state index is 0.0293. The fraction of sp³-hybridized carbons (Fsp3) is 0.294. The second kappa shape index (κ2) is 7.63. The van der Waals surface area contributed by atoms with Crippen molar-refractivity contribution in [2.75, 3.05) is 6.54 Å². The van der Waals surface area contributed by atoms with E-state index in [1.54, 1.807) is 26.0 Å². The molecule has 2 aromatic rings. The number of rotatable bonds is 7. The van der Waals surface area contributed by atoms with Crippen molar-refractivity contribution in [3.05, 3.63) is 53.2 Å². The summed E-state index contributed by atoms with van der Waals surface area (Å²) in [7, 11) is 0. The van der Waals surface area contributed by atoms with Crippen LogP contribution in [0.1, 0.15) is 40.5 Å². The summed E-state index contributed by atoms with van der Waals surface area (Å²) in [4.78, 5) is 23.1. The van der Waals surface area contributed by atoms with Gasteiger partial charge in [-0.15, -0.1) is 0 Å². The molecule has 0 radical (unpaired) electrons. The summed E-state index contributed by atoms with van der Waals surface area (Å²) in [5, 5.41) is 11.6. The number of amides is 1. The Bertz CT molecular complexity index is 740. The molecule has 0 aliphatic carbocycles. The van der Waals surface area contributed by atoms with Gasteiger partial charge in [-0.2, -0.15) is 0 Å². The van der Waals surface area contributed by atoms with Crippen LogP contribution in [0.4, 0.5) is 4.39 Å². The molecular weight excluding hydrogens is 317 g/mol. The Morgan fingerprint density at radius 1 is 1.38 bits per heavy atom. The van der Waals surface area contributed by atoms with Crippen LogP contribution in [0.3, 0.4) is 0 Å². The average Bonchev–Trinajstić information content (AvgIpc) is 2.99. The van der Waals surface area contributed by atoms with Crippen LogP contribution in [0.5, 0.6) is 5.75 Å². The second-order valence-corrected chi connectivity index (χ2v) is 5.18. The van der Waals surface area contributed by atoms with Crippen molar-refractivity contribution >= 4 is 11.9 Å². The van der Waals surface area contributed by atoms with Gasteiger partial charge in [-0.05, 0) is 19.1 Å². The van der Waals surface area contributed by atoms with E-state index < -0.39 is 23.8 Å². The first-order valence-electron chi connectivity index (χ1n) is 7.47. The van der Waals surface area contributed by atoms with Gasteiger partial charge in [-0.25, -0.2) is 9.18 Å². The molecule has 0 saturated heterocycles. The summed E-state index contributed by atoms with van der Waals surface area (Å²) in [6, 6.07) is 7.16. The molecule has 1 aromatic heterocycles. The van der Waals surface area contributed by atoms with Gasteiger partial charge >= 0.3 is 5.97 Å². The monoisotopic (exact) mass is 335 g/mol. The standard InChI is InChI=1S/C17H18FNO5/c1-3-13-11(17(21)22)8-15(24-13)16(20)19-9-10(2)23-14-7-5-4-6-12(14)18/h4-8,10H,3,9H2,1-2H3,(H,19,20)(H,21,22). The molecule has 0 saturated carbocycles. The molecule has 0 bridgehead atoms. The van der Waals surface area contributed by atoms with E-state index in [4.69, 9.17) is 14.3 Å². The van der Waals surface area contributed by atoms with Gasteiger partial charge in [0.25, 0.3) is 5.91 Å². The minimum atomic E-state index is -1.15. The first-order valence-corrected chi connectivity index (χ1v) is 7.47. The molecule has 2 rings (SSSR count). The maximum Gasteiger partial charge on any atom is 0.339 e. The van der Waals surface area contributed by atoms with E-state index in [0.29, 0.717) is 6.42 Å². The molecule has 0 aliphatic rings. The number of carbonyl (C=O) groups is 2. The highest BCUT2D eigenvalue weighted by Crippen LogP contribution is 2.18. The molecule has 6 nitrogen and oxygen atoms in total. The summed E-state index contributed by atoms with van der Waals surface area (Å²) in [6.45, 7) is 3.52. The quantitative estimate of drug-likeness (QED) is 0.812. The molecule has 0 aliphatic heterocycles. The second-order valence-electron chi connectivity index (χ2n) is 5.18.